The van der Waals surface area contributed by atoms with Crippen LogP contribution in [0, 0.1) is 5.92 Å². The molecule has 2 N–H and O–H groups in total. The second-order valence-corrected chi connectivity index (χ2v) is 14.3. The van der Waals surface area contributed by atoms with Crippen LogP contribution in [0.25, 0.3) is 16.9 Å². The summed E-state index contributed by atoms with van der Waals surface area (Å²) < 4.78 is 35.0. The molecule has 4 aromatic rings. The van der Waals surface area contributed by atoms with Crippen LogP contribution in [0.1, 0.15) is 38.5 Å². The maximum atomic E-state index is 13.6. The Labute approximate surface area is 287 Å². The largest absolute Gasteiger partial charge is 0.434 e. The van der Waals surface area contributed by atoms with E-state index in [1.807, 2.05) is 25.8 Å². The number of hydrogen-bond donors (Lipinski definition) is 2. The van der Waals surface area contributed by atoms with Crippen molar-refractivity contribution in [1.29, 1.82) is 0 Å². The fourth-order valence-corrected chi connectivity index (χ4v) is 7.09. The quantitative estimate of drug-likeness (QED) is 0.176. The number of hydrogen-bond acceptors (Lipinski definition) is 10. The maximum Gasteiger partial charge on any atom is 0.387 e. The first kappa shape index (κ1) is 34.6. The van der Waals surface area contributed by atoms with Crippen LogP contribution in [0.4, 0.5) is 14.5 Å². The van der Waals surface area contributed by atoms with Gasteiger partial charge in [0.15, 0.2) is 11.9 Å². The Hall–Kier alpha value is -4.28. The van der Waals surface area contributed by atoms with Gasteiger partial charge in [0.2, 0.25) is 11.8 Å². The third kappa shape index (κ3) is 8.13. The Morgan fingerprint density at radius 1 is 1.10 bits per heavy atom. The third-order valence-electron chi connectivity index (χ3n) is 8.76. The second-order valence-electron chi connectivity index (χ2n) is 12.6. The topological polar surface area (TPSA) is 133 Å². The molecular formula is C33H41F2N9O4S. The molecule has 1 unspecified atom stereocenters. The van der Waals surface area contributed by atoms with Gasteiger partial charge in [-0.05, 0) is 44.2 Å². The number of piperidine rings is 1. The van der Waals surface area contributed by atoms with Gasteiger partial charge >= 0.3 is 6.61 Å². The molecule has 262 valence electrons. The smallest absolute Gasteiger partial charge is 0.387 e. The van der Waals surface area contributed by atoms with E-state index in [4.69, 9.17) is 4.74 Å². The minimum absolute atomic E-state index is 0.0954. The minimum atomic E-state index is -3.08. The molecule has 0 aliphatic carbocycles. The third-order valence-corrected chi connectivity index (χ3v) is 9.76. The van der Waals surface area contributed by atoms with Gasteiger partial charge in [-0.1, -0.05) is 13.8 Å². The number of carbonyl (C=O) groups excluding carboxylic acids is 2. The van der Waals surface area contributed by atoms with Crippen LogP contribution in [-0.4, -0.2) is 114 Å². The molecule has 6 rings (SSSR count). The van der Waals surface area contributed by atoms with Gasteiger partial charge in [-0.25, -0.2) is 9.50 Å². The predicted molar refractivity (Wildman–Crippen MR) is 180 cm³/mol. The van der Waals surface area contributed by atoms with E-state index in [0.29, 0.717) is 37.1 Å². The Morgan fingerprint density at radius 3 is 2.57 bits per heavy atom. The van der Waals surface area contributed by atoms with Crippen LogP contribution in [-0.2, 0) is 16.1 Å². The number of piperazine rings is 1. The van der Waals surface area contributed by atoms with Gasteiger partial charge in [-0.2, -0.15) is 19.0 Å². The van der Waals surface area contributed by atoms with Crippen LogP contribution < -0.4 is 10.1 Å². The fraction of sp³-hybridized carbons (Fsp3) is 0.485. The Morgan fingerprint density at radius 2 is 1.86 bits per heavy atom. The number of alkyl halides is 2. The molecule has 2 aliphatic rings. The zero-order chi connectivity index (χ0) is 34.7. The van der Waals surface area contributed by atoms with Crippen LogP contribution in [0.3, 0.4) is 0 Å². The number of thioether (sulfide) groups is 1. The Balaban J connectivity index is 1.24. The van der Waals surface area contributed by atoms with Crippen molar-refractivity contribution in [2.24, 2.45) is 5.92 Å². The first-order valence-electron chi connectivity index (χ1n) is 16.4. The molecule has 16 heteroatoms. The van der Waals surface area contributed by atoms with E-state index in [0.717, 1.165) is 31.1 Å². The molecule has 0 bridgehead atoms. The number of likely N-dealkylation sites (tertiary alicyclic amines) is 1. The van der Waals surface area contributed by atoms with E-state index in [-0.39, 0.29) is 52.2 Å². The minimum Gasteiger partial charge on any atom is -0.434 e. The van der Waals surface area contributed by atoms with Crippen LogP contribution in [0.15, 0.2) is 53.9 Å². The number of aliphatic hydroxyl groups is 1. The first-order chi connectivity index (χ1) is 23.5. The van der Waals surface area contributed by atoms with Gasteiger partial charge in [0.05, 0.1) is 17.4 Å². The highest BCUT2D eigenvalue weighted by molar-refractivity contribution is 7.99. The standard InChI is InChI=1S/C33H41F2N9O4S/c1-21(2)49-23-5-6-27(48-33(34)35)24(17-23)29-26(38-31(46)25-18-37-44-10-4-9-36-30(25)44)19-43(39-29)20-28(45)41-11-7-22(8-12-41)32(47)42-15-13-40(3)14-16-42/h4-6,9-10,17-19,21-22,31,33,38,46H,7-8,11-16,20H2,1-3H3. The molecule has 3 aromatic heterocycles. The molecule has 5 heterocycles. The van der Waals surface area contributed by atoms with Gasteiger partial charge in [0, 0.05) is 79.5 Å². The number of benzene rings is 1. The molecule has 0 spiro atoms. The number of amides is 2. The normalized spacial score (nSPS) is 16.9. The zero-order valence-corrected chi connectivity index (χ0v) is 28.5. The van der Waals surface area contributed by atoms with E-state index >= 15 is 0 Å². The summed E-state index contributed by atoms with van der Waals surface area (Å²) in [4.78, 5) is 37.6. The predicted octanol–water partition coefficient (Wildman–Crippen LogP) is 3.81. The summed E-state index contributed by atoms with van der Waals surface area (Å²) in [5.41, 5.74) is 1.59. The molecule has 1 atom stereocenters. The lowest BCUT2D eigenvalue weighted by molar-refractivity contribution is -0.142. The lowest BCUT2D eigenvalue weighted by Gasteiger charge is -2.37. The van der Waals surface area contributed by atoms with Gasteiger partial charge in [-0.15, -0.1) is 11.8 Å². The first-order valence-corrected chi connectivity index (χ1v) is 17.2. The average Bonchev–Trinajstić information content (AvgIpc) is 3.69. The van der Waals surface area contributed by atoms with Crippen LogP contribution >= 0.6 is 11.8 Å². The van der Waals surface area contributed by atoms with Crippen LogP contribution in [0.5, 0.6) is 5.75 Å². The van der Waals surface area contributed by atoms with Crippen molar-refractivity contribution in [3.8, 4) is 17.0 Å². The molecule has 2 aliphatic heterocycles. The van der Waals surface area contributed by atoms with Crippen molar-refractivity contribution >= 4 is 34.9 Å². The van der Waals surface area contributed by atoms with Crippen molar-refractivity contribution < 1.29 is 28.2 Å². The molecule has 2 fully saturated rings. The van der Waals surface area contributed by atoms with E-state index in [2.05, 4.69) is 25.4 Å². The van der Waals surface area contributed by atoms with Crippen molar-refractivity contribution in [3.05, 3.63) is 54.6 Å². The van der Waals surface area contributed by atoms with E-state index in [9.17, 15) is 23.5 Å². The number of carbonyl (C=O) groups is 2. The Kier molecular flexibility index (Phi) is 10.6. The fourth-order valence-electron chi connectivity index (χ4n) is 6.21. The number of ether oxygens (including phenoxy) is 1. The molecule has 13 nitrogen and oxygen atoms in total. The highest BCUT2D eigenvalue weighted by Gasteiger charge is 2.32. The van der Waals surface area contributed by atoms with Gasteiger partial charge in [0.1, 0.15) is 18.0 Å². The summed E-state index contributed by atoms with van der Waals surface area (Å²) >= 11 is 1.54. The van der Waals surface area contributed by atoms with E-state index < -0.39 is 12.8 Å². The summed E-state index contributed by atoms with van der Waals surface area (Å²) in [6, 6.07) is 6.60. The number of nitrogens with one attached hydrogen (secondary N) is 1. The highest BCUT2D eigenvalue weighted by Crippen LogP contribution is 2.39. The van der Waals surface area contributed by atoms with E-state index in [1.54, 1.807) is 53.5 Å². The van der Waals surface area contributed by atoms with Gasteiger partial charge in [-0.3, -0.25) is 14.3 Å². The molecule has 1 aromatic carbocycles. The number of fused-ring (bicyclic) bond motifs is 1. The summed E-state index contributed by atoms with van der Waals surface area (Å²) in [5, 5.41) is 23.4. The van der Waals surface area contributed by atoms with Crippen molar-refractivity contribution in [1.82, 2.24) is 39.1 Å². The monoisotopic (exact) mass is 697 g/mol. The van der Waals surface area contributed by atoms with Crippen molar-refractivity contribution in [2.75, 3.05) is 51.6 Å². The highest BCUT2D eigenvalue weighted by atomic mass is 32.2. The van der Waals surface area contributed by atoms with Crippen LogP contribution in [0.2, 0.25) is 0 Å². The van der Waals surface area contributed by atoms with Gasteiger partial charge < -0.3 is 29.9 Å². The number of aliphatic hydroxyl groups excluding tert-OH is 1. The Bertz CT molecular complexity index is 1770. The lowest BCUT2D eigenvalue weighted by Crippen LogP contribution is -2.51. The van der Waals surface area contributed by atoms with Crippen molar-refractivity contribution in [3.63, 3.8) is 0 Å². The number of halogens is 2. The number of aromatic nitrogens is 5. The number of rotatable bonds is 11. The second kappa shape index (κ2) is 15.1. The molecule has 0 radical (unpaired) electrons. The zero-order valence-electron chi connectivity index (χ0n) is 27.7. The molecule has 49 heavy (non-hydrogen) atoms. The van der Waals surface area contributed by atoms with Crippen molar-refractivity contribution in [2.45, 2.75) is 56.2 Å². The lowest BCUT2D eigenvalue weighted by atomic mass is 9.95. The molecule has 2 amide bonds. The molecular weight excluding hydrogens is 656 g/mol. The molecule has 2 saturated heterocycles. The molecule has 0 saturated carbocycles. The maximum absolute atomic E-state index is 13.6. The summed E-state index contributed by atoms with van der Waals surface area (Å²) in [6.45, 7) is 4.88. The number of likely N-dealkylation sites (N-methyl/N-ethyl adjacent to an activating group) is 1. The van der Waals surface area contributed by atoms with E-state index in [1.165, 1.54) is 21.5 Å². The van der Waals surface area contributed by atoms with Gasteiger partial charge in [0.25, 0.3) is 0 Å². The summed E-state index contributed by atoms with van der Waals surface area (Å²) in [5.74, 6) is -0.236. The summed E-state index contributed by atoms with van der Waals surface area (Å²) in [6.07, 6.45) is 6.20. The summed E-state index contributed by atoms with van der Waals surface area (Å²) in [7, 11) is 2.05. The average molecular weight is 698 g/mol. The number of anilines is 1. The number of nitrogens with zero attached hydrogens (tertiary/aromatic N) is 8. The SMILES string of the molecule is CC(C)Sc1ccc(OC(F)F)c(-c2nn(CC(=O)N3CCC(C(=O)N4CCN(C)CC4)CC3)cc2NC(O)c2cnn3cccnc23)c1.